The summed E-state index contributed by atoms with van der Waals surface area (Å²) < 4.78 is 7.17. The van der Waals surface area contributed by atoms with Crippen molar-refractivity contribution in [1.82, 2.24) is 20.1 Å². The molecule has 6 nitrogen and oxygen atoms in total. The number of nitrogens with one attached hydrogen (secondary N) is 1. The van der Waals surface area contributed by atoms with Crippen LogP contribution in [-0.2, 0) is 6.54 Å². The molecule has 1 N–H and O–H groups in total. The number of aryl methyl sites for hydroxylation is 2. The summed E-state index contributed by atoms with van der Waals surface area (Å²) in [6.07, 6.45) is 0. The highest BCUT2D eigenvalue weighted by atomic mass is 16.5. The molecule has 2 aromatic heterocycles. The van der Waals surface area contributed by atoms with Crippen LogP contribution in [0.5, 0.6) is 5.75 Å². The Kier molecular flexibility index (Phi) is 5.71. The van der Waals surface area contributed by atoms with Gasteiger partial charge in [-0.15, -0.1) is 0 Å². The molecule has 0 saturated carbocycles. The molecular formula is C25H26N4O2. The summed E-state index contributed by atoms with van der Waals surface area (Å²) in [6, 6.07) is 19.5. The molecular weight excluding hydrogens is 388 g/mol. The maximum atomic E-state index is 13.3. The van der Waals surface area contributed by atoms with Gasteiger partial charge in [0.25, 0.3) is 5.91 Å². The zero-order valence-electron chi connectivity index (χ0n) is 18.2. The standard InChI is InChI=1S/C25H26N4O2/c1-16-13-22(25(30)27-17(2)20-11-8-12-21(14-20)31-4)23-18(3)28-29(24(23)26-16)15-19-9-6-5-7-10-19/h5-14,17H,15H2,1-4H3,(H,27,30). The van der Waals surface area contributed by atoms with E-state index >= 15 is 0 Å². The van der Waals surface area contributed by atoms with E-state index in [1.165, 1.54) is 0 Å². The number of methoxy groups -OCH3 is 1. The van der Waals surface area contributed by atoms with Crippen LogP contribution in [0, 0.1) is 13.8 Å². The topological polar surface area (TPSA) is 69.0 Å². The molecule has 158 valence electrons. The molecule has 1 amide bonds. The zero-order chi connectivity index (χ0) is 22.0. The highest BCUT2D eigenvalue weighted by Crippen LogP contribution is 2.25. The van der Waals surface area contributed by atoms with Crippen molar-refractivity contribution in [2.24, 2.45) is 0 Å². The van der Waals surface area contributed by atoms with Crippen molar-refractivity contribution in [2.75, 3.05) is 7.11 Å². The lowest BCUT2D eigenvalue weighted by Crippen LogP contribution is -2.27. The number of fused-ring (bicyclic) bond motifs is 1. The number of hydrogen-bond donors (Lipinski definition) is 1. The van der Waals surface area contributed by atoms with E-state index in [4.69, 9.17) is 9.72 Å². The van der Waals surface area contributed by atoms with Crippen molar-refractivity contribution in [2.45, 2.75) is 33.4 Å². The van der Waals surface area contributed by atoms with E-state index in [1.54, 1.807) is 7.11 Å². The molecule has 0 spiro atoms. The SMILES string of the molecule is COc1cccc(C(C)NC(=O)c2cc(C)nc3c2c(C)nn3Cc2ccccc2)c1. The molecule has 1 atom stereocenters. The van der Waals surface area contributed by atoms with Gasteiger partial charge in [-0.25, -0.2) is 9.67 Å². The number of carbonyl (C=O) groups excluding carboxylic acids is 1. The van der Waals surface area contributed by atoms with Gasteiger partial charge in [0.2, 0.25) is 0 Å². The first-order chi connectivity index (χ1) is 15.0. The third kappa shape index (κ3) is 4.28. The normalized spacial score (nSPS) is 12.0. The van der Waals surface area contributed by atoms with E-state index in [1.807, 2.05) is 74.0 Å². The van der Waals surface area contributed by atoms with Gasteiger partial charge in [0, 0.05) is 5.69 Å². The van der Waals surface area contributed by atoms with Gasteiger partial charge in [-0.2, -0.15) is 5.10 Å². The van der Waals surface area contributed by atoms with Gasteiger partial charge in [-0.3, -0.25) is 4.79 Å². The number of nitrogens with zero attached hydrogens (tertiary/aromatic N) is 3. The molecule has 2 aromatic carbocycles. The summed E-state index contributed by atoms with van der Waals surface area (Å²) in [6.45, 7) is 6.38. The summed E-state index contributed by atoms with van der Waals surface area (Å²) in [5.41, 5.74) is 4.99. The van der Waals surface area contributed by atoms with E-state index < -0.39 is 0 Å². The van der Waals surface area contributed by atoms with Crippen LogP contribution in [0.2, 0.25) is 0 Å². The van der Waals surface area contributed by atoms with Crippen LogP contribution in [0.25, 0.3) is 11.0 Å². The molecule has 4 rings (SSSR count). The maximum absolute atomic E-state index is 13.3. The van der Waals surface area contributed by atoms with Crippen LogP contribution in [-0.4, -0.2) is 27.8 Å². The van der Waals surface area contributed by atoms with Gasteiger partial charge in [0.1, 0.15) is 5.75 Å². The molecule has 1 unspecified atom stereocenters. The molecule has 0 radical (unpaired) electrons. The van der Waals surface area contributed by atoms with Crippen LogP contribution in [0.3, 0.4) is 0 Å². The Labute approximate surface area is 181 Å². The minimum atomic E-state index is -0.175. The first kappa shape index (κ1) is 20.6. The van der Waals surface area contributed by atoms with Crippen molar-refractivity contribution in [3.63, 3.8) is 0 Å². The number of pyridine rings is 1. The van der Waals surface area contributed by atoms with Gasteiger partial charge in [0.05, 0.1) is 36.3 Å². The second kappa shape index (κ2) is 8.60. The average Bonchev–Trinajstić information content (AvgIpc) is 3.08. The van der Waals surface area contributed by atoms with Crippen LogP contribution >= 0.6 is 0 Å². The average molecular weight is 415 g/mol. The Hall–Kier alpha value is -3.67. The van der Waals surface area contributed by atoms with Gasteiger partial charge in [-0.1, -0.05) is 42.5 Å². The molecule has 6 heteroatoms. The summed E-state index contributed by atoms with van der Waals surface area (Å²) in [5.74, 6) is 0.618. The fraction of sp³-hybridized carbons (Fsp3) is 0.240. The number of carbonyl (C=O) groups is 1. The quantitative estimate of drug-likeness (QED) is 0.501. The fourth-order valence-corrected chi connectivity index (χ4v) is 3.79. The molecule has 0 aliphatic carbocycles. The second-order valence-corrected chi connectivity index (χ2v) is 7.71. The zero-order valence-corrected chi connectivity index (χ0v) is 18.2. The van der Waals surface area contributed by atoms with Crippen LogP contribution in [0.4, 0.5) is 0 Å². The third-order valence-corrected chi connectivity index (χ3v) is 5.37. The highest BCUT2D eigenvalue weighted by Gasteiger charge is 2.20. The van der Waals surface area contributed by atoms with Gasteiger partial charge in [0.15, 0.2) is 5.65 Å². The van der Waals surface area contributed by atoms with Crippen LogP contribution < -0.4 is 10.1 Å². The molecule has 0 saturated heterocycles. The van der Waals surface area contributed by atoms with Gasteiger partial charge < -0.3 is 10.1 Å². The summed E-state index contributed by atoms with van der Waals surface area (Å²) in [7, 11) is 1.63. The van der Waals surface area contributed by atoms with Gasteiger partial charge >= 0.3 is 0 Å². The predicted molar refractivity (Wildman–Crippen MR) is 121 cm³/mol. The van der Waals surface area contributed by atoms with E-state index in [0.717, 1.165) is 39.3 Å². The minimum absolute atomic E-state index is 0.145. The molecule has 0 fully saturated rings. The number of benzene rings is 2. The number of hydrogen-bond acceptors (Lipinski definition) is 4. The summed E-state index contributed by atoms with van der Waals surface area (Å²) >= 11 is 0. The van der Waals surface area contributed by atoms with E-state index in [0.29, 0.717) is 12.1 Å². The largest absolute Gasteiger partial charge is 0.497 e. The van der Waals surface area contributed by atoms with Crippen molar-refractivity contribution in [3.8, 4) is 5.75 Å². The van der Waals surface area contributed by atoms with E-state index in [2.05, 4.69) is 22.5 Å². The number of ether oxygens (including phenoxy) is 1. The molecule has 0 bridgehead atoms. The Morgan fingerprint density at radius 2 is 1.87 bits per heavy atom. The smallest absolute Gasteiger partial charge is 0.252 e. The highest BCUT2D eigenvalue weighted by molar-refractivity contribution is 6.06. The van der Waals surface area contributed by atoms with Gasteiger partial charge in [-0.05, 0) is 50.1 Å². The number of amides is 1. The lowest BCUT2D eigenvalue weighted by Gasteiger charge is -2.16. The Morgan fingerprint density at radius 1 is 1.10 bits per heavy atom. The second-order valence-electron chi connectivity index (χ2n) is 7.71. The van der Waals surface area contributed by atoms with E-state index in [9.17, 15) is 4.79 Å². The number of aromatic nitrogens is 3. The van der Waals surface area contributed by atoms with Crippen LogP contribution in [0.1, 0.15) is 45.8 Å². The van der Waals surface area contributed by atoms with E-state index in [-0.39, 0.29) is 11.9 Å². The van der Waals surface area contributed by atoms with Crippen molar-refractivity contribution in [1.29, 1.82) is 0 Å². The molecule has 0 aliphatic heterocycles. The molecule has 31 heavy (non-hydrogen) atoms. The first-order valence-electron chi connectivity index (χ1n) is 10.3. The molecule has 4 aromatic rings. The monoisotopic (exact) mass is 414 g/mol. The number of rotatable bonds is 6. The molecule has 0 aliphatic rings. The predicted octanol–water partition coefficient (Wildman–Crippen LogP) is 4.60. The third-order valence-electron chi connectivity index (χ3n) is 5.37. The Morgan fingerprint density at radius 3 is 2.61 bits per heavy atom. The summed E-state index contributed by atoms with van der Waals surface area (Å²) in [4.78, 5) is 18.0. The Bertz CT molecular complexity index is 1230. The first-order valence-corrected chi connectivity index (χ1v) is 10.3. The fourth-order valence-electron chi connectivity index (χ4n) is 3.79. The van der Waals surface area contributed by atoms with Crippen molar-refractivity contribution >= 4 is 16.9 Å². The maximum Gasteiger partial charge on any atom is 0.252 e. The van der Waals surface area contributed by atoms with Crippen molar-refractivity contribution in [3.05, 3.63) is 88.7 Å². The lowest BCUT2D eigenvalue weighted by molar-refractivity contribution is 0.0941. The summed E-state index contributed by atoms with van der Waals surface area (Å²) in [5, 5.41) is 8.59. The molecule has 2 heterocycles. The minimum Gasteiger partial charge on any atom is -0.497 e. The Balaban J connectivity index is 1.67. The lowest BCUT2D eigenvalue weighted by atomic mass is 10.1. The van der Waals surface area contributed by atoms with Crippen LogP contribution in [0.15, 0.2) is 60.7 Å². The van der Waals surface area contributed by atoms with Crippen molar-refractivity contribution < 1.29 is 9.53 Å².